The summed E-state index contributed by atoms with van der Waals surface area (Å²) in [6.07, 6.45) is 1.59. The third kappa shape index (κ3) is 5.44. The van der Waals surface area contributed by atoms with Crippen LogP contribution in [-0.4, -0.2) is 32.1 Å². The molecule has 0 aliphatic carbocycles. The SMILES string of the molecule is CC(C)C(=O)Nc1ccc(C(=O)N/N=C/c2ccc(N(C)C)cc2)cc1. The summed E-state index contributed by atoms with van der Waals surface area (Å²) in [7, 11) is 3.95. The number of hydrazone groups is 1. The summed E-state index contributed by atoms with van der Waals surface area (Å²) in [5.74, 6) is -0.473. The number of anilines is 2. The van der Waals surface area contributed by atoms with E-state index in [4.69, 9.17) is 0 Å². The van der Waals surface area contributed by atoms with Gasteiger partial charge in [0.1, 0.15) is 0 Å². The molecule has 0 spiro atoms. The Morgan fingerprint density at radius 3 is 2.15 bits per heavy atom. The van der Waals surface area contributed by atoms with Crippen molar-refractivity contribution in [3.63, 3.8) is 0 Å². The highest BCUT2D eigenvalue weighted by Crippen LogP contribution is 2.12. The Morgan fingerprint density at radius 2 is 1.62 bits per heavy atom. The van der Waals surface area contributed by atoms with Crippen LogP contribution in [0, 0.1) is 5.92 Å². The lowest BCUT2D eigenvalue weighted by atomic mass is 10.1. The van der Waals surface area contributed by atoms with Gasteiger partial charge >= 0.3 is 0 Å². The number of hydrogen-bond acceptors (Lipinski definition) is 4. The van der Waals surface area contributed by atoms with Crippen LogP contribution in [0.4, 0.5) is 11.4 Å². The maximum Gasteiger partial charge on any atom is 0.271 e. The van der Waals surface area contributed by atoms with E-state index in [0.29, 0.717) is 11.3 Å². The molecule has 2 N–H and O–H groups in total. The zero-order valence-corrected chi connectivity index (χ0v) is 15.5. The van der Waals surface area contributed by atoms with Crippen molar-refractivity contribution in [2.75, 3.05) is 24.3 Å². The summed E-state index contributed by atoms with van der Waals surface area (Å²) >= 11 is 0. The molecule has 0 fully saturated rings. The van der Waals surface area contributed by atoms with Gasteiger partial charge in [-0.25, -0.2) is 5.43 Å². The first kappa shape index (κ1) is 19.2. The van der Waals surface area contributed by atoms with E-state index in [9.17, 15) is 9.59 Å². The summed E-state index contributed by atoms with van der Waals surface area (Å²) in [4.78, 5) is 25.8. The molecule has 2 rings (SSSR count). The molecule has 2 aromatic carbocycles. The first-order chi connectivity index (χ1) is 12.4. The highest BCUT2D eigenvalue weighted by molar-refractivity contribution is 5.96. The summed E-state index contributed by atoms with van der Waals surface area (Å²) < 4.78 is 0. The summed E-state index contributed by atoms with van der Waals surface area (Å²) in [5, 5.41) is 6.76. The molecule has 0 saturated carbocycles. The molecule has 2 amide bonds. The third-order valence-corrected chi connectivity index (χ3v) is 3.73. The Hall–Kier alpha value is -3.15. The normalized spacial score (nSPS) is 10.8. The van der Waals surface area contributed by atoms with Crippen molar-refractivity contribution in [1.82, 2.24) is 5.43 Å². The predicted octanol–water partition coefficient (Wildman–Crippen LogP) is 3.11. The van der Waals surface area contributed by atoms with Crippen molar-refractivity contribution in [1.29, 1.82) is 0 Å². The quantitative estimate of drug-likeness (QED) is 0.620. The van der Waals surface area contributed by atoms with E-state index in [1.807, 2.05) is 57.1 Å². The second-order valence-corrected chi connectivity index (χ2v) is 6.41. The van der Waals surface area contributed by atoms with Gasteiger partial charge in [-0.1, -0.05) is 26.0 Å². The van der Waals surface area contributed by atoms with E-state index in [0.717, 1.165) is 11.3 Å². The molecule has 2 aromatic rings. The lowest BCUT2D eigenvalue weighted by molar-refractivity contribution is -0.118. The van der Waals surface area contributed by atoms with E-state index in [1.54, 1.807) is 30.5 Å². The minimum atomic E-state index is -0.312. The Bertz CT molecular complexity index is 778. The van der Waals surface area contributed by atoms with Crippen LogP contribution in [0.5, 0.6) is 0 Å². The Balaban J connectivity index is 1.92. The summed E-state index contributed by atoms with van der Waals surface area (Å²) in [5.41, 5.74) is 5.60. The van der Waals surface area contributed by atoms with Crippen LogP contribution in [0.25, 0.3) is 0 Å². The topological polar surface area (TPSA) is 73.8 Å². The molecule has 0 aromatic heterocycles. The van der Waals surface area contributed by atoms with Gasteiger partial charge < -0.3 is 10.2 Å². The van der Waals surface area contributed by atoms with Gasteiger partial charge in [0.25, 0.3) is 5.91 Å². The van der Waals surface area contributed by atoms with Crippen molar-refractivity contribution in [3.8, 4) is 0 Å². The van der Waals surface area contributed by atoms with Crippen LogP contribution in [0.3, 0.4) is 0 Å². The zero-order valence-electron chi connectivity index (χ0n) is 15.5. The maximum absolute atomic E-state index is 12.1. The van der Waals surface area contributed by atoms with Crippen molar-refractivity contribution in [2.45, 2.75) is 13.8 Å². The molecule has 0 saturated heterocycles. The molecule has 136 valence electrons. The van der Waals surface area contributed by atoms with E-state index in [-0.39, 0.29) is 17.7 Å². The van der Waals surface area contributed by atoms with Gasteiger partial charge in [0.2, 0.25) is 5.91 Å². The van der Waals surface area contributed by atoms with Crippen LogP contribution in [0.15, 0.2) is 53.6 Å². The zero-order chi connectivity index (χ0) is 19.1. The van der Waals surface area contributed by atoms with Crippen molar-refractivity contribution in [2.24, 2.45) is 11.0 Å². The predicted molar refractivity (Wildman–Crippen MR) is 106 cm³/mol. The number of nitrogens with one attached hydrogen (secondary N) is 2. The van der Waals surface area contributed by atoms with E-state index in [2.05, 4.69) is 15.8 Å². The second-order valence-electron chi connectivity index (χ2n) is 6.41. The van der Waals surface area contributed by atoms with Gasteiger partial charge in [0.05, 0.1) is 6.21 Å². The average molecular weight is 352 g/mol. The molecule has 6 heteroatoms. The largest absolute Gasteiger partial charge is 0.378 e. The van der Waals surface area contributed by atoms with Gasteiger partial charge in [-0.2, -0.15) is 5.10 Å². The van der Waals surface area contributed by atoms with Crippen molar-refractivity contribution in [3.05, 3.63) is 59.7 Å². The molecular formula is C20H24N4O2. The fourth-order valence-corrected chi connectivity index (χ4v) is 2.08. The molecule has 0 bridgehead atoms. The molecule has 6 nitrogen and oxygen atoms in total. The van der Waals surface area contributed by atoms with Crippen LogP contribution in [0.1, 0.15) is 29.8 Å². The molecule has 0 aliphatic heterocycles. The number of rotatable bonds is 6. The number of carbonyl (C=O) groups is 2. The van der Waals surface area contributed by atoms with Crippen LogP contribution < -0.4 is 15.6 Å². The van der Waals surface area contributed by atoms with E-state index in [1.165, 1.54) is 0 Å². The van der Waals surface area contributed by atoms with Crippen molar-refractivity contribution >= 4 is 29.4 Å². The van der Waals surface area contributed by atoms with Crippen LogP contribution in [0.2, 0.25) is 0 Å². The van der Waals surface area contributed by atoms with Crippen LogP contribution >= 0.6 is 0 Å². The molecule has 0 atom stereocenters. The third-order valence-electron chi connectivity index (χ3n) is 3.73. The number of hydrogen-bond donors (Lipinski definition) is 2. The van der Waals surface area contributed by atoms with E-state index < -0.39 is 0 Å². The molecule has 0 radical (unpaired) electrons. The molecule has 0 heterocycles. The summed E-state index contributed by atoms with van der Waals surface area (Å²) in [6, 6.07) is 14.5. The number of benzene rings is 2. The fourth-order valence-electron chi connectivity index (χ4n) is 2.08. The molecule has 26 heavy (non-hydrogen) atoms. The minimum absolute atomic E-state index is 0.0629. The molecule has 0 unspecified atom stereocenters. The lowest BCUT2D eigenvalue weighted by Crippen LogP contribution is -2.19. The standard InChI is InChI=1S/C20H24N4O2/c1-14(2)19(25)22-17-9-7-16(8-10-17)20(26)23-21-13-15-5-11-18(12-6-15)24(3)4/h5-14H,1-4H3,(H,22,25)(H,23,26)/b21-13+. The maximum atomic E-state index is 12.1. The minimum Gasteiger partial charge on any atom is -0.378 e. The van der Waals surface area contributed by atoms with Gasteiger partial charge in [-0.3, -0.25) is 9.59 Å². The highest BCUT2D eigenvalue weighted by Gasteiger charge is 2.08. The monoisotopic (exact) mass is 352 g/mol. The first-order valence-electron chi connectivity index (χ1n) is 8.38. The van der Waals surface area contributed by atoms with Gasteiger partial charge in [-0.15, -0.1) is 0 Å². The summed E-state index contributed by atoms with van der Waals surface area (Å²) in [6.45, 7) is 3.65. The average Bonchev–Trinajstić information content (AvgIpc) is 2.62. The highest BCUT2D eigenvalue weighted by atomic mass is 16.2. The smallest absolute Gasteiger partial charge is 0.271 e. The molecular weight excluding hydrogens is 328 g/mol. The Morgan fingerprint density at radius 1 is 1.00 bits per heavy atom. The number of carbonyl (C=O) groups excluding carboxylic acids is 2. The fraction of sp³-hybridized carbons (Fsp3) is 0.250. The van der Waals surface area contributed by atoms with Gasteiger partial charge in [-0.05, 0) is 42.0 Å². The number of nitrogens with zero attached hydrogens (tertiary/aromatic N) is 2. The molecule has 0 aliphatic rings. The number of amides is 2. The van der Waals surface area contributed by atoms with Gasteiger partial charge in [0.15, 0.2) is 0 Å². The van der Waals surface area contributed by atoms with Crippen molar-refractivity contribution < 1.29 is 9.59 Å². The first-order valence-corrected chi connectivity index (χ1v) is 8.38. The Labute approximate surface area is 153 Å². The lowest BCUT2D eigenvalue weighted by Gasteiger charge is -2.11. The second kappa shape index (κ2) is 8.80. The van der Waals surface area contributed by atoms with E-state index >= 15 is 0 Å². The van der Waals surface area contributed by atoms with Gasteiger partial charge in [0, 0.05) is 37.0 Å². The Kier molecular flexibility index (Phi) is 6.49. The van der Waals surface area contributed by atoms with Crippen LogP contribution in [-0.2, 0) is 4.79 Å².